The van der Waals surface area contributed by atoms with Crippen LogP contribution in [0.15, 0.2) is 78.9 Å². The maximum Gasteiger partial charge on any atom is 0.315 e. The van der Waals surface area contributed by atoms with Crippen LogP contribution in [0.2, 0.25) is 0 Å². The number of thioether (sulfide) groups is 1. The first-order chi connectivity index (χ1) is 20.6. The highest BCUT2D eigenvalue weighted by atomic mass is 32.2. The van der Waals surface area contributed by atoms with Gasteiger partial charge in [-0.2, -0.15) is 0 Å². The van der Waals surface area contributed by atoms with E-state index in [-0.39, 0.29) is 24.7 Å². The minimum absolute atomic E-state index is 0.220. The number of nitrogens with one attached hydrogen (secondary N) is 3. The number of aliphatic hydroxyl groups excluding tert-OH is 1. The van der Waals surface area contributed by atoms with Gasteiger partial charge in [0.15, 0.2) is 6.10 Å². The van der Waals surface area contributed by atoms with Crippen molar-refractivity contribution in [2.24, 2.45) is 0 Å². The Morgan fingerprint density at radius 3 is 2.30 bits per heavy atom. The minimum atomic E-state index is -1.58. The predicted molar refractivity (Wildman–Crippen MR) is 169 cm³/mol. The van der Waals surface area contributed by atoms with Gasteiger partial charge in [-0.3, -0.25) is 9.59 Å². The molecule has 0 saturated carbocycles. The third-order valence-electron chi connectivity index (χ3n) is 7.65. The summed E-state index contributed by atoms with van der Waals surface area (Å²) in [4.78, 5) is 41.7. The van der Waals surface area contributed by atoms with Crippen LogP contribution in [0.4, 0.5) is 4.79 Å². The van der Waals surface area contributed by atoms with E-state index in [1.165, 1.54) is 16.7 Å². The maximum atomic E-state index is 13.8. The summed E-state index contributed by atoms with van der Waals surface area (Å²) in [6.07, 6.45) is -1.36. The molecule has 0 spiro atoms. The lowest BCUT2D eigenvalue weighted by molar-refractivity contribution is -0.147. The van der Waals surface area contributed by atoms with Crippen molar-refractivity contribution >= 4 is 29.6 Å². The highest BCUT2D eigenvalue weighted by Crippen LogP contribution is 2.40. The summed E-state index contributed by atoms with van der Waals surface area (Å²) >= 11 is 1.48. The first-order valence-electron chi connectivity index (χ1n) is 14.2. The second kappa shape index (κ2) is 14.4. The van der Waals surface area contributed by atoms with Crippen LogP contribution < -0.4 is 20.7 Å². The molecule has 0 bridgehead atoms. The van der Waals surface area contributed by atoms with Crippen molar-refractivity contribution in [2.45, 2.75) is 63.2 Å². The van der Waals surface area contributed by atoms with Gasteiger partial charge in [-0.05, 0) is 61.6 Å². The van der Waals surface area contributed by atoms with Crippen molar-refractivity contribution in [3.8, 4) is 5.75 Å². The predicted octanol–water partition coefficient (Wildman–Crippen LogP) is 3.77. The summed E-state index contributed by atoms with van der Waals surface area (Å²) in [5.41, 5.74) is 3.76. The third-order valence-corrected chi connectivity index (χ3v) is 9.03. The molecule has 9 nitrogen and oxygen atoms in total. The van der Waals surface area contributed by atoms with Crippen LogP contribution in [0.1, 0.15) is 36.1 Å². The zero-order valence-electron chi connectivity index (χ0n) is 25.0. The average Bonchev–Trinajstić information content (AvgIpc) is 3.33. The van der Waals surface area contributed by atoms with E-state index in [1.807, 2.05) is 87.5 Å². The molecule has 1 aliphatic rings. The van der Waals surface area contributed by atoms with Gasteiger partial charge >= 0.3 is 6.03 Å². The number of nitrogens with zero attached hydrogens (tertiary/aromatic N) is 1. The number of hydrogen-bond donors (Lipinski definition) is 4. The highest BCUT2D eigenvalue weighted by Gasteiger charge is 2.49. The SMILES string of the molecule is COc1ccc(CNC(=O)NC(Cc2ccccc2)C(O)C(=O)N2CSC(C)(C)[C@H]2C(=O)NCc2ccccc2C)cc1. The van der Waals surface area contributed by atoms with Crippen molar-refractivity contribution in [1.29, 1.82) is 0 Å². The molecule has 3 aromatic carbocycles. The molecule has 1 saturated heterocycles. The lowest BCUT2D eigenvalue weighted by atomic mass is 9.97. The Bertz CT molecular complexity index is 1400. The van der Waals surface area contributed by atoms with E-state index in [9.17, 15) is 19.5 Å². The number of ether oxygens (including phenoxy) is 1. The summed E-state index contributed by atoms with van der Waals surface area (Å²) in [5, 5.41) is 20.0. The number of aryl methyl sites for hydroxylation is 1. The molecule has 3 aromatic rings. The molecule has 1 heterocycles. The van der Waals surface area contributed by atoms with Gasteiger partial charge in [0.1, 0.15) is 11.8 Å². The Morgan fingerprint density at radius 1 is 0.953 bits per heavy atom. The molecule has 4 amide bonds. The van der Waals surface area contributed by atoms with Crippen molar-refractivity contribution < 1.29 is 24.2 Å². The molecule has 228 valence electrons. The largest absolute Gasteiger partial charge is 0.497 e. The Kier molecular flexibility index (Phi) is 10.7. The fourth-order valence-electron chi connectivity index (χ4n) is 5.10. The van der Waals surface area contributed by atoms with E-state index in [4.69, 9.17) is 4.74 Å². The molecule has 3 atom stereocenters. The Morgan fingerprint density at radius 2 is 1.63 bits per heavy atom. The monoisotopic (exact) mass is 604 g/mol. The number of carbonyl (C=O) groups is 3. The van der Waals surface area contributed by atoms with Crippen molar-refractivity contribution in [3.05, 3.63) is 101 Å². The number of hydrogen-bond acceptors (Lipinski definition) is 6. The van der Waals surface area contributed by atoms with Gasteiger partial charge in [0.2, 0.25) is 5.91 Å². The molecular formula is C33H40N4O5S. The minimum Gasteiger partial charge on any atom is -0.497 e. The zero-order chi connectivity index (χ0) is 31.0. The smallest absolute Gasteiger partial charge is 0.315 e. The van der Waals surface area contributed by atoms with E-state index in [0.717, 1.165) is 22.3 Å². The van der Waals surface area contributed by atoms with Crippen molar-refractivity contribution in [3.63, 3.8) is 0 Å². The van der Waals surface area contributed by atoms with E-state index in [0.29, 0.717) is 12.3 Å². The summed E-state index contributed by atoms with van der Waals surface area (Å²) in [6, 6.07) is 22.2. The molecule has 1 fully saturated rings. The fraction of sp³-hybridized carbons (Fsp3) is 0.364. The van der Waals surface area contributed by atoms with Crippen LogP contribution in [0.5, 0.6) is 5.75 Å². The van der Waals surface area contributed by atoms with Gasteiger partial charge in [0, 0.05) is 17.8 Å². The topological polar surface area (TPSA) is 120 Å². The summed E-state index contributed by atoms with van der Waals surface area (Å²) < 4.78 is 4.60. The normalized spacial score (nSPS) is 17.0. The van der Waals surface area contributed by atoms with Gasteiger partial charge in [0.05, 0.1) is 19.0 Å². The number of amides is 4. The van der Waals surface area contributed by atoms with E-state index in [2.05, 4.69) is 16.0 Å². The van der Waals surface area contributed by atoms with Gasteiger partial charge in [-0.25, -0.2) is 4.79 Å². The molecule has 43 heavy (non-hydrogen) atoms. The van der Waals surface area contributed by atoms with Crippen LogP contribution in [-0.4, -0.2) is 63.8 Å². The fourth-order valence-corrected chi connectivity index (χ4v) is 6.24. The molecule has 1 aliphatic heterocycles. The molecule has 0 aliphatic carbocycles. The average molecular weight is 605 g/mol. The Hall–Kier alpha value is -4.02. The van der Waals surface area contributed by atoms with Crippen LogP contribution in [0.25, 0.3) is 0 Å². The highest BCUT2D eigenvalue weighted by molar-refractivity contribution is 8.00. The number of methoxy groups -OCH3 is 1. The van der Waals surface area contributed by atoms with Crippen LogP contribution in [-0.2, 0) is 29.1 Å². The molecule has 4 N–H and O–H groups in total. The second-order valence-electron chi connectivity index (χ2n) is 11.1. The second-order valence-corrected chi connectivity index (χ2v) is 12.7. The third kappa shape index (κ3) is 8.30. The summed E-state index contributed by atoms with van der Waals surface area (Å²) in [5.74, 6) is 0.0601. The summed E-state index contributed by atoms with van der Waals surface area (Å²) in [6.45, 7) is 6.40. The van der Waals surface area contributed by atoms with Gasteiger partial charge in [0.25, 0.3) is 5.91 Å². The standard InChI is InChI=1S/C33H40N4O5S/c1-22-10-8-9-13-25(22)20-34-30(39)29-33(2,3)43-21-37(29)31(40)28(38)27(18-23-11-6-5-7-12-23)36-32(41)35-19-24-14-16-26(42-4)17-15-24/h5-17,27-29,38H,18-21H2,1-4H3,(H,34,39)(H2,35,36,41)/t27?,28?,29-/m1/s1. The summed E-state index contributed by atoms with van der Waals surface area (Å²) in [7, 11) is 1.59. The van der Waals surface area contributed by atoms with Crippen LogP contribution >= 0.6 is 11.8 Å². The quantitative estimate of drug-likeness (QED) is 0.265. The molecule has 2 unspecified atom stereocenters. The van der Waals surface area contributed by atoms with Crippen molar-refractivity contribution in [2.75, 3.05) is 13.0 Å². The number of carbonyl (C=O) groups excluding carboxylic acids is 3. The first kappa shape index (κ1) is 31.9. The van der Waals surface area contributed by atoms with E-state index >= 15 is 0 Å². The van der Waals surface area contributed by atoms with Crippen molar-refractivity contribution in [1.82, 2.24) is 20.9 Å². The molecule has 4 rings (SSSR count). The van der Waals surface area contributed by atoms with E-state index < -0.39 is 34.9 Å². The Balaban J connectivity index is 1.47. The van der Waals surface area contributed by atoms with Crippen LogP contribution in [0, 0.1) is 6.92 Å². The van der Waals surface area contributed by atoms with Gasteiger partial charge < -0.3 is 30.7 Å². The van der Waals surface area contributed by atoms with Gasteiger partial charge in [-0.1, -0.05) is 66.7 Å². The molecule has 0 radical (unpaired) electrons. The zero-order valence-corrected chi connectivity index (χ0v) is 25.8. The first-order valence-corrected chi connectivity index (χ1v) is 15.2. The van der Waals surface area contributed by atoms with E-state index in [1.54, 1.807) is 19.2 Å². The number of aliphatic hydroxyl groups is 1. The number of urea groups is 1. The lowest BCUT2D eigenvalue weighted by Crippen LogP contribution is -2.59. The van der Waals surface area contributed by atoms with Crippen LogP contribution in [0.3, 0.4) is 0 Å². The maximum absolute atomic E-state index is 13.8. The van der Waals surface area contributed by atoms with Gasteiger partial charge in [-0.15, -0.1) is 11.8 Å². The molecular weight excluding hydrogens is 564 g/mol. The molecule has 10 heteroatoms. The number of rotatable bonds is 11. The lowest BCUT2D eigenvalue weighted by Gasteiger charge is -2.33. The Labute approximate surface area is 257 Å². The molecule has 0 aromatic heterocycles. The number of benzene rings is 3.